The number of carboxylic acids is 1. The maximum atomic E-state index is 14.4. The summed E-state index contributed by atoms with van der Waals surface area (Å²) in [4.78, 5) is 24.2. The van der Waals surface area contributed by atoms with Crippen molar-refractivity contribution in [3.63, 3.8) is 0 Å². The van der Waals surface area contributed by atoms with Gasteiger partial charge in [0, 0.05) is 12.0 Å². The third-order valence-electron chi connectivity index (χ3n) is 4.43. The van der Waals surface area contributed by atoms with E-state index in [2.05, 4.69) is 11.8 Å². The molecule has 0 bridgehead atoms. The second kappa shape index (κ2) is 11.0. The van der Waals surface area contributed by atoms with E-state index in [1.54, 1.807) is 6.07 Å². The predicted molar refractivity (Wildman–Crippen MR) is 108 cm³/mol. The van der Waals surface area contributed by atoms with Gasteiger partial charge in [0.15, 0.2) is 0 Å². The standard InChI is InChI=1S/C21H23F2NO4S/c22-21(23,16-7-2-1-3-8-16)18(25)12-11-17-9-6-10-19(26)24(17)13-4-5-14-29-15-20(27)28/h1-3,7-8,11-12,17-18,25H,6,9-10,13-15H2,(H,27,28)/b12-11+. The molecule has 1 fully saturated rings. The second-order valence-electron chi connectivity index (χ2n) is 6.54. The molecule has 1 heterocycles. The molecule has 2 atom stereocenters. The molecule has 1 amide bonds. The van der Waals surface area contributed by atoms with Crippen LogP contribution in [0.4, 0.5) is 8.78 Å². The van der Waals surface area contributed by atoms with Crippen molar-refractivity contribution in [3.8, 4) is 11.8 Å². The summed E-state index contributed by atoms with van der Waals surface area (Å²) < 4.78 is 28.8. The van der Waals surface area contributed by atoms with Crippen LogP contribution in [-0.2, 0) is 15.5 Å². The fourth-order valence-electron chi connectivity index (χ4n) is 2.92. The van der Waals surface area contributed by atoms with Crippen molar-refractivity contribution < 1.29 is 28.6 Å². The third-order valence-corrected chi connectivity index (χ3v) is 5.23. The van der Waals surface area contributed by atoms with E-state index in [0.717, 1.165) is 17.8 Å². The average molecular weight is 423 g/mol. The summed E-state index contributed by atoms with van der Waals surface area (Å²) in [5, 5.41) is 18.6. The Kier molecular flexibility index (Phi) is 8.68. The lowest BCUT2D eigenvalue weighted by Gasteiger charge is -2.32. The molecule has 0 radical (unpaired) electrons. The van der Waals surface area contributed by atoms with Gasteiger partial charge < -0.3 is 15.1 Å². The van der Waals surface area contributed by atoms with Crippen LogP contribution in [-0.4, -0.2) is 57.2 Å². The van der Waals surface area contributed by atoms with Crippen molar-refractivity contribution in [3.05, 3.63) is 48.0 Å². The van der Waals surface area contributed by atoms with Crippen LogP contribution in [0.3, 0.4) is 0 Å². The summed E-state index contributed by atoms with van der Waals surface area (Å²) in [5.74, 6) is 1.43. The number of aliphatic carboxylic acids is 1. The van der Waals surface area contributed by atoms with Gasteiger partial charge in [0.25, 0.3) is 0 Å². The van der Waals surface area contributed by atoms with Gasteiger partial charge in [-0.2, -0.15) is 8.78 Å². The topological polar surface area (TPSA) is 77.8 Å². The first-order valence-electron chi connectivity index (χ1n) is 9.17. The molecule has 0 aliphatic carbocycles. The number of thioether (sulfide) groups is 1. The SMILES string of the molecule is O=C(O)CSCC#CCN1C(=O)CCCC1/C=C/C(O)C(F)(F)c1ccccc1. The maximum absolute atomic E-state index is 14.4. The van der Waals surface area contributed by atoms with Crippen molar-refractivity contribution in [2.45, 2.75) is 37.3 Å². The summed E-state index contributed by atoms with van der Waals surface area (Å²) in [5.41, 5.74) is -0.279. The Morgan fingerprint density at radius 2 is 2.07 bits per heavy atom. The zero-order valence-corrected chi connectivity index (χ0v) is 16.6. The van der Waals surface area contributed by atoms with E-state index in [1.165, 1.54) is 35.2 Å². The molecule has 8 heteroatoms. The highest BCUT2D eigenvalue weighted by Gasteiger charge is 2.39. The normalized spacial score (nSPS) is 18.4. The van der Waals surface area contributed by atoms with E-state index >= 15 is 0 Å². The van der Waals surface area contributed by atoms with Gasteiger partial charge in [0.05, 0.1) is 24.1 Å². The van der Waals surface area contributed by atoms with Gasteiger partial charge in [-0.05, 0) is 12.8 Å². The van der Waals surface area contributed by atoms with Crippen molar-refractivity contribution in [2.75, 3.05) is 18.1 Å². The number of aliphatic hydroxyl groups excluding tert-OH is 1. The number of rotatable bonds is 8. The van der Waals surface area contributed by atoms with E-state index in [9.17, 15) is 23.5 Å². The summed E-state index contributed by atoms with van der Waals surface area (Å²) in [7, 11) is 0. The molecule has 2 rings (SSSR count). The Hall–Kier alpha value is -2.37. The summed E-state index contributed by atoms with van der Waals surface area (Å²) >= 11 is 1.16. The Morgan fingerprint density at radius 1 is 1.34 bits per heavy atom. The Morgan fingerprint density at radius 3 is 2.76 bits per heavy atom. The van der Waals surface area contributed by atoms with Gasteiger partial charge in [-0.25, -0.2) is 0 Å². The highest BCUT2D eigenvalue weighted by molar-refractivity contribution is 8.00. The van der Waals surface area contributed by atoms with Crippen LogP contribution in [0.15, 0.2) is 42.5 Å². The van der Waals surface area contributed by atoms with E-state index in [4.69, 9.17) is 5.11 Å². The van der Waals surface area contributed by atoms with Crippen LogP contribution < -0.4 is 0 Å². The number of hydrogen-bond donors (Lipinski definition) is 2. The van der Waals surface area contributed by atoms with Gasteiger partial charge in [-0.3, -0.25) is 9.59 Å². The number of carbonyl (C=O) groups excluding carboxylic acids is 1. The molecule has 1 aromatic rings. The molecular formula is C21H23F2NO4S. The Labute approximate surface area is 172 Å². The highest BCUT2D eigenvalue weighted by atomic mass is 32.2. The first-order valence-corrected chi connectivity index (χ1v) is 10.3. The predicted octanol–water partition coefficient (Wildman–Crippen LogP) is 2.90. The fourth-order valence-corrected chi connectivity index (χ4v) is 3.40. The summed E-state index contributed by atoms with van der Waals surface area (Å²) in [6.07, 6.45) is 2.07. The molecule has 1 aromatic carbocycles. The second-order valence-corrected chi connectivity index (χ2v) is 7.53. The number of carboxylic acid groups (broad SMARTS) is 1. The zero-order valence-electron chi connectivity index (χ0n) is 15.8. The van der Waals surface area contributed by atoms with Gasteiger partial charge in [-0.15, -0.1) is 11.8 Å². The van der Waals surface area contributed by atoms with Gasteiger partial charge in [0.1, 0.15) is 6.10 Å². The number of amides is 1. The molecule has 0 saturated carbocycles. The van der Waals surface area contributed by atoms with Gasteiger partial charge in [-0.1, -0.05) is 54.3 Å². The molecular weight excluding hydrogens is 400 g/mol. The molecule has 2 unspecified atom stereocenters. The van der Waals surface area contributed by atoms with Crippen molar-refractivity contribution in [1.82, 2.24) is 4.90 Å². The number of piperidine rings is 1. The first kappa shape index (κ1) is 22.9. The van der Waals surface area contributed by atoms with Crippen LogP contribution in [0, 0.1) is 11.8 Å². The quantitative estimate of drug-likeness (QED) is 0.382. The molecule has 0 aromatic heterocycles. The number of hydrogen-bond acceptors (Lipinski definition) is 4. The summed E-state index contributed by atoms with van der Waals surface area (Å²) in [6, 6.07) is 6.67. The molecule has 0 spiro atoms. The van der Waals surface area contributed by atoms with E-state index in [-0.39, 0.29) is 23.8 Å². The number of nitrogens with zero attached hydrogens (tertiary/aromatic N) is 1. The van der Waals surface area contributed by atoms with Crippen LogP contribution in [0.25, 0.3) is 0 Å². The molecule has 29 heavy (non-hydrogen) atoms. The van der Waals surface area contributed by atoms with Crippen molar-refractivity contribution in [2.24, 2.45) is 0 Å². The largest absolute Gasteiger partial charge is 0.481 e. The fraction of sp³-hybridized carbons (Fsp3) is 0.429. The van der Waals surface area contributed by atoms with Crippen LogP contribution >= 0.6 is 11.8 Å². The highest BCUT2D eigenvalue weighted by Crippen LogP contribution is 2.32. The smallest absolute Gasteiger partial charge is 0.313 e. The lowest BCUT2D eigenvalue weighted by atomic mass is 9.98. The monoisotopic (exact) mass is 423 g/mol. The van der Waals surface area contributed by atoms with E-state index in [1.807, 2.05) is 0 Å². The van der Waals surface area contributed by atoms with Crippen LogP contribution in [0.2, 0.25) is 0 Å². The number of benzene rings is 1. The number of carbonyl (C=O) groups is 2. The van der Waals surface area contributed by atoms with Gasteiger partial charge in [0.2, 0.25) is 5.91 Å². The van der Waals surface area contributed by atoms with Gasteiger partial charge >= 0.3 is 11.9 Å². The minimum absolute atomic E-state index is 0.0454. The molecule has 2 N–H and O–H groups in total. The lowest BCUT2D eigenvalue weighted by Crippen LogP contribution is -2.43. The molecule has 1 aliphatic heterocycles. The van der Waals surface area contributed by atoms with Crippen LogP contribution in [0.5, 0.6) is 0 Å². The van der Waals surface area contributed by atoms with Crippen LogP contribution in [0.1, 0.15) is 24.8 Å². The molecule has 5 nitrogen and oxygen atoms in total. The maximum Gasteiger partial charge on any atom is 0.313 e. The molecule has 156 valence electrons. The number of halogens is 2. The number of alkyl halides is 2. The molecule has 1 aliphatic rings. The average Bonchev–Trinajstić information content (AvgIpc) is 2.70. The Balaban J connectivity index is 2.00. The number of aliphatic hydroxyl groups is 1. The third kappa shape index (κ3) is 6.87. The van der Waals surface area contributed by atoms with Crippen molar-refractivity contribution in [1.29, 1.82) is 0 Å². The summed E-state index contributed by atoms with van der Waals surface area (Å²) in [6.45, 7) is 0.132. The van der Waals surface area contributed by atoms with E-state index < -0.39 is 24.0 Å². The minimum Gasteiger partial charge on any atom is -0.481 e. The van der Waals surface area contributed by atoms with Crippen molar-refractivity contribution >= 4 is 23.6 Å². The molecule has 1 saturated heterocycles. The number of likely N-dealkylation sites (tertiary alicyclic amines) is 1. The van der Waals surface area contributed by atoms with E-state index in [0.29, 0.717) is 25.0 Å². The zero-order chi connectivity index (χ0) is 21.3. The first-order chi connectivity index (χ1) is 13.8. The Bertz CT molecular complexity index is 789. The lowest BCUT2D eigenvalue weighted by molar-refractivity contribution is -0.135. The minimum atomic E-state index is -3.44.